The van der Waals surface area contributed by atoms with E-state index >= 15 is 0 Å². The van der Waals surface area contributed by atoms with Gasteiger partial charge in [-0.1, -0.05) is 36.4 Å². The molecular weight excluding hydrogens is 436 g/mol. The van der Waals surface area contributed by atoms with Gasteiger partial charge in [-0.05, 0) is 47.5 Å². The second kappa shape index (κ2) is 7.91. The molecule has 0 N–H and O–H groups in total. The first-order valence-electron chi connectivity index (χ1n) is 9.06. The van der Waals surface area contributed by atoms with Crippen molar-refractivity contribution in [1.82, 2.24) is 0 Å². The van der Waals surface area contributed by atoms with Crippen molar-refractivity contribution >= 4 is 42.1 Å². The van der Waals surface area contributed by atoms with Gasteiger partial charge in [-0.3, -0.25) is 9.00 Å². The Morgan fingerprint density at radius 2 is 1.43 bits per heavy atom. The molecular formula is C23H18O4S3. The Hall–Kier alpha value is -2.61. The van der Waals surface area contributed by atoms with Gasteiger partial charge >= 0.3 is 0 Å². The Bertz CT molecular complexity index is 1430. The van der Waals surface area contributed by atoms with Gasteiger partial charge in [0.1, 0.15) is 0 Å². The summed E-state index contributed by atoms with van der Waals surface area (Å²) >= 11 is 1.49. The fraction of sp³-hybridized carbons (Fsp3) is 0.0870. The number of benzene rings is 3. The monoisotopic (exact) mass is 454 g/mol. The molecule has 1 aromatic heterocycles. The molecule has 0 aliphatic rings. The van der Waals surface area contributed by atoms with Crippen molar-refractivity contribution in [3.05, 3.63) is 83.0 Å². The Labute approximate surface area is 181 Å². The van der Waals surface area contributed by atoms with E-state index in [1.54, 1.807) is 42.7 Å². The van der Waals surface area contributed by atoms with Crippen LogP contribution in [0.5, 0.6) is 0 Å². The third-order valence-electron chi connectivity index (χ3n) is 4.82. The minimum absolute atomic E-state index is 0.0862. The number of fused-ring (bicyclic) bond motifs is 1. The van der Waals surface area contributed by atoms with Crippen molar-refractivity contribution in [3.8, 4) is 21.6 Å². The Kier molecular flexibility index (Phi) is 5.44. The second-order valence-electron chi connectivity index (χ2n) is 6.91. The van der Waals surface area contributed by atoms with Gasteiger partial charge in [-0.25, -0.2) is 8.42 Å². The minimum Gasteiger partial charge on any atom is -0.288 e. The zero-order valence-electron chi connectivity index (χ0n) is 16.3. The maximum atomic E-state index is 13.4. The second-order valence-corrected chi connectivity index (χ2v) is 11.4. The predicted octanol–water partition coefficient (Wildman–Crippen LogP) is 4.74. The van der Waals surface area contributed by atoms with Crippen LogP contribution < -0.4 is 5.43 Å². The summed E-state index contributed by atoms with van der Waals surface area (Å²) in [7, 11) is -4.41. The van der Waals surface area contributed by atoms with Crippen LogP contribution in [-0.2, 0) is 20.6 Å². The van der Waals surface area contributed by atoms with Gasteiger partial charge in [-0.2, -0.15) is 0 Å². The number of hydrogen-bond donors (Lipinski definition) is 0. The molecule has 0 saturated carbocycles. The Balaban J connectivity index is 1.99. The van der Waals surface area contributed by atoms with Gasteiger partial charge < -0.3 is 0 Å². The number of hydrogen-bond acceptors (Lipinski definition) is 5. The molecule has 30 heavy (non-hydrogen) atoms. The molecule has 4 aromatic rings. The smallest absolute Gasteiger partial charge is 0.196 e. The molecule has 1 unspecified atom stereocenters. The van der Waals surface area contributed by atoms with Crippen LogP contribution in [0, 0.1) is 0 Å². The molecule has 3 aromatic carbocycles. The molecule has 0 saturated heterocycles. The molecule has 4 nitrogen and oxygen atoms in total. The fourth-order valence-electron chi connectivity index (χ4n) is 3.27. The lowest BCUT2D eigenvalue weighted by Crippen LogP contribution is -2.06. The van der Waals surface area contributed by atoms with Gasteiger partial charge in [0.05, 0.1) is 4.90 Å². The molecule has 0 spiro atoms. The molecule has 152 valence electrons. The first-order valence-corrected chi connectivity index (χ1v) is 13.3. The summed E-state index contributed by atoms with van der Waals surface area (Å²) in [6.45, 7) is 0. The van der Waals surface area contributed by atoms with Gasteiger partial charge in [0, 0.05) is 48.7 Å². The summed E-state index contributed by atoms with van der Waals surface area (Å²) < 4.78 is 36.2. The van der Waals surface area contributed by atoms with Crippen LogP contribution >= 0.6 is 11.3 Å². The van der Waals surface area contributed by atoms with Gasteiger partial charge in [0.15, 0.2) is 15.3 Å². The van der Waals surface area contributed by atoms with Crippen molar-refractivity contribution in [2.75, 3.05) is 12.5 Å². The summed E-state index contributed by atoms with van der Waals surface area (Å²) in [5, 5.41) is 0.636. The third kappa shape index (κ3) is 3.88. The summed E-state index contributed by atoms with van der Waals surface area (Å²) in [5.41, 5.74) is 1.97. The molecule has 4 rings (SSSR count). The van der Waals surface area contributed by atoms with E-state index in [1.807, 2.05) is 36.4 Å². The lowest BCUT2D eigenvalue weighted by atomic mass is 10.0. The van der Waals surface area contributed by atoms with Crippen LogP contribution in [0.15, 0.2) is 87.4 Å². The van der Waals surface area contributed by atoms with Crippen molar-refractivity contribution in [2.45, 2.75) is 9.79 Å². The maximum absolute atomic E-state index is 13.4. The van der Waals surface area contributed by atoms with Gasteiger partial charge in [0.2, 0.25) is 0 Å². The SMILES string of the molecule is CS(=O)c1ccc(-c2c(-c3ccc(S(C)(=O)=O)cc3)sc3ccccc3c2=O)cc1. The average Bonchev–Trinajstić information content (AvgIpc) is 2.73. The molecule has 7 heteroatoms. The van der Waals surface area contributed by atoms with E-state index in [2.05, 4.69) is 0 Å². The van der Waals surface area contributed by atoms with Crippen molar-refractivity contribution in [3.63, 3.8) is 0 Å². The topological polar surface area (TPSA) is 68.3 Å². The Morgan fingerprint density at radius 3 is 2.03 bits per heavy atom. The van der Waals surface area contributed by atoms with Crippen LogP contribution in [0.1, 0.15) is 0 Å². The summed E-state index contributed by atoms with van der Waals surface area (Å²) in [6.07, 6.45) is 2.78. The first-order chi connectivity index (χ1) is 14.3. The average molecular weight is 455 g/mol. The minimum atomic E-state index is -3.31. The van der Waals surface area contributed by atoms with Crippen LogP contribution in [0.3, 0.4) is 0 Å². The van der Waals surface area contributed by atoms with E-state index in [-0.39, 0.29) is 10.3 Å². The first kappa shape index (κ1) is 20.7. The molecule has 1 atom stereocenters. The van der Waals surface area contributed by atoms with E-state index < -0.39 is 20.6 Å². The Morgan fingerprint density at radius 1 is 0.833 bits per heavy atom. The zero-order valence-corrected chi connectivity index (χ0v) is 18.7. The molecule has 0 aliphatic heterocycles. The summed E-state index contributed by atoms with van der Waals surface area (Å²) in [5.74, 6) is 0. The van der Waals surface area contributed by atoms with Crippen molar-refractivity contribution in [2.24, 2.45) is 0 Å². The van der Waals surface area contributed by atoms with E-state index in [9.17, 15) is 17.4 Å². The van der Waals surface area contributed by atoms with Crippen LogP contribution in [0.2, 0.25) is 0 Å². The normalized spacial score (nSPS) is 12.7. The van der Waals surface area contributed by atoms with Crippen molar-refractivity contribution < 1.29 is 12.6 Å². The summed E-state index contributed by atoms with van der Waals surface area (Å²) in [4.78, 5) is 15.1. The van der Waals surface area contributed by atoms with Crippen LogP contribution in [-0.4, -0.2) is 25.1 Å². The van der Waals surface area contributed by atoms with Crippen LogP contribution in [0.25, 0.3) is 31.7 Å². The van der Waals surface area contributed by atoms with Crippen molar-refractivity contribution in [1.29, 1.82) is 0 Å². The van der Waals surface area contributed by atoms with Gasteiger partial charge in [0.25, 0.3) is 0 Å². The highest BCUT2D eigenvalue weighted by Crippen LogP contribution is 2.37. The van der Waals surface area contributed by atoms with E-state index in [1.165, 1.54) is 17.6 Å². The molecule has 0 bridgehead atoms. The molecule has 1 heterocycles. The molecule has 0 radical (unpaired) electrons. The predicted molar refractivity (Wildman–Crippen MR) is 124 cm³/mol. The highest BCUT2D eigenvalue weighted by molar-refractivity contribution is 7.90. The number of rotatable bonds is 4. The third-order valence-corrected chi connectivity index (χ3v) is 8.10. The molecule has 0 aliphatic carbocycles. The van der Waals surface area contributed by atoms with E-state index in [0.29, 0.717) is 15.8 Å². The zero-order chi connectivity index (χ0) is 21.5. The van der Waals surface area contributed by atoms with Gasteiger partial charge in [-0.15, -0.1) is 11.3 Å². The molecule has 0 amide bonds. The largest absolute Gasteiger partial charge is 0.288 e. The highest BCUT2D eigenvalue weighted by atomic mass is 32.2. The number of sulfone groups is 1. The quantitative estimate of drug-likeness (QED) is 0.447. The van der Waals surface area contributed by atoms with E-state index in [0.717, 1.165) is 20.7 Å². The highest BCUT2D eigenvalue weighted by Gasteiger charge is 2.17. The van der Waals surface area contributed by atoms with E-state index in [4.69, 9.17) is 0 Å². The fourth-order valence-corrected chi connectivity index (χ4v) is 5.63. The summed E-state index contributed by atoms with van der Waals surface area (Å²) in [6, 6.07) is 21.2. The van der Waals surface area contributed by atoms with Crippen LogP contribution in [0.4, 0.5) is 0 Å². The maximum Gasteiger partial charge on any atom is 0.196 e. The lowest BCUT2D eigenvalue weighted by Gasteiger charge is -2.12. The molecule has 0 fully saturated rings. The lowest BCUT2D eigenvalue weighted by molar-refractivity contribution is 0.602. The standard InChI is InChI=1S/C23H18O4S3/c1-29(25)17-11-7-15(8-12-17)21-22(24)19-5-3-4-6-20(19)28-23(21)16-9-13-18(14-10-16)30(2,26)27/h3-14H,1-2H3.